The standard InChI is InChI=1S/C18H20BrFN2O2.ClH/c1-21-10-11-22(2)18(23)17(13-6-4-3-5-7-13)24-16-9-8-14(19)12-15(16)20;/h3-9,12,17,21H,10-11H2,1-2H3;1H. The predicted octanol–water partition coefficient (Wildman–Crippen LogP) is 3.81. The molecule has 1 N–H and O–H groups in total. The maximum Gasteiger partial charge on any atom is 0.268 e. The number of rotatable bonds is 7. The number of nitrogens with zero attached hydrogens (tertiary/aromatic N) is 1. The van der Waals surface area contributed by atoms with Crippen LogP contribution >= 0.6 is 28.3 Å². The summed E-state index contributed by atoms with van der Waals surface area (Å²) in [7, 11) is 3.53. The molecule has 0 radical (unpaired) electrons. The van der Waals surface area contributed by atoms with Crippen LogP contribution in [0.25, 0.3) is 0 Å². The van der Waals surface area contributed by atoms with E-state index in [1.54, 1.807) is 30.1 Å². The van der Waals surface area contributed by atoms with Crippen LogP contribution in [0.4, 0.5) is 4.39 Å². The summed E-state index contributed by atoms with van der Waals surface area (Å²) in [6, 6.07) is 13.6. The Balaban J connectivity index is 0.00000312. The summed E-state index contributed by atoms with van der Waals surface area (Å²) < 4.78 is 20.5. The largest absolute Gasteiger partial charge is 0.473 e. The van der Waals surface area contributed by atoms with E-state index in [0.29, 0.717) is 23.1 Å². The smallest absolute Gasteiger partial charge is 0.268 e. The highest BCUT2D eigenvalue weighted by atomic mass is 79.9. The van der Waals surface area contributed by atoms with Gasteiger partial charge < -0.3 is 15.0 Å². The number of ether oxygens (including phenoxy) is 1. The quantitative estimate of drug-likeness (QED) is 0.725. The van der Waals surface area contributed by atoms with Gasteiger partial charge in [0.25, 0.3) is 5.91 Å². The summed E-state index contributed by atoms with van der Waals surface area (Å²) in [4.78, 5) is 14.3. The van der Waals surface area contributed by atoms with E-state index in [0.717, 1.165) is 0 Å². The van der Waals surface area contributed by atoms with Gasteiger partial charge in [-0.25, -0.2) is 4.39 Å². The molecule has 1 atom stereocenters. The third-order valence-corrected chi connectivity index (χ3v) is 4.03. The van der Waals surface area contributed by atoms with Crippen LogP contribution in [0, 0.1) is 5.82 Å². The number of amides is 1. The number of nitrogens with one attached hydrogen (secondary N) is 1. The van der Waals surface area contributed by atoms with Crippen LogP contribution in [0.2, 0.25) is 0 Å². The topological polar surface area (TPSA) is 41.6 Å². The molecule has 0 spiro atoms. The highest BCUT2D eigenvalue weighted by Gasteiger charge is 2.26. The first-order chi connectivity index (χ1) is 11.5. The number of halogens is 3. The number of likely N-dealkylation sites (N-methyl/N-ethyl adjacent to an activating group) is 2. The van der Waals surface area contributed by atoms with Crippen molar-refractivity contribution >= 4 is 34.2 Å². The van der Waals surface area contributed by atoms with Crippen molar-refractivity contribution in [2.24, 2.45) is 0 Å². The van der Waals surface area contributed by atoms with Crippen molar-refractivity contribution in [3.8, 4) is 5.75 Å². The zero-order chi connectivity index (χ0) is 17.5. The summed E-state index contributed by atoms with van der Waals surface area (Å²) in [5.41, 5.74) is 0.682. The van der Waals surface area contributed by atoms with E-state index in [1.165, 1.54) is 12.1 Å². The average molecular weight is 432 g/mol. The Morgan fingerprint density at radius 1 is 1.28 bits per heavy atom. The molecule has 2 aromatic carbocycles. The summed E-state index contributed by atoms with van der Waals surface area (Å²) in [6.45, 7) is 1.20. The average Bonchev–Trinajstić information content (AvgIpc) is 2.59. The first-order valence-electron chi connectivity index (χ1n) is 7.59. The van der Waals surface area contributed by atoms with E-state index in [9.17, 15) is 9.18 Å². The maximum absolute atomic E-state index is 14.1. The summed E-state index contributed by atoms with van der Waals surface area (Å²) >= 11 is 3.21. The number of benzene rings is 2. The summed E-state index contributed by atoms with van der Waals surface area (Å²) in [5.74, 6) is -0.697. The van der Waals surface area contributed by atoms with Crippen LogP contribution in [0.5, 0.6) is 5.75 Å². The lowest BCUT2D eigenvalue weighted by Gasteiger charge is -2.25. The van der Waals surface area contributed by atoms with Crippen LogP contribution in [-0.2, 0) is 4.79 Å². The third-order valence-electron chi connectivity index (χ3n) is 3.54. The molecule has 136 valence electrons. The van der Waals surface area contributed by atoms with Crippen LogP contribution in [-0.4, -0.2) is 38.0 Å². The van der Waals surface area contributed by atoms with Gasteiger partial charge in [0.2, 0.25) is 6.10 Å². The minimum atomic E-state index is -0.899. The Morgan fingerprint density at radius 2 is 1.96 bits per heavy atom. The number of carbonyl (C=O) groups excluding carboxylic acids is 1. The molecule has 2 aromatic rings. The van der Waals surface area contributed by atoms with E-state index >= 15 is 0 Å². The molecule has 0 aliphatic carbocycles. The third kappa shape index (κ3) is 5.99. The molecule has 25 heavy (non-hydrogen) atoms. The number of hydrogen-bond donors (Lipinski definition) is 1. The van der Waals surface area contributed by atoms with Crippen molar-refractivity contribution in [2.45, 2.75) is 6.10 Å². The minimum Gasteiger partial charge on any atom is -0.473 e. The second kappa shape index (κ2) is 10.4. The number of hydrogen-bond acceptors (Lipinski definition) is 3. The molecule has 0 bridgehead atoms. The maximum atomic E-state index is 14.1. The van der Waals surface area contributed by atoms with Gasteiger partial charge >= 0.3 is 0 Å². The van der Waals surface area contributed by atoms with Crippen molar-refractivity contribution in [1.29, 1.82) is 0 Å². The van der Waals surface area contributed by atoms with Crippen LogP contribution in [0.3, 0.4) is 0 Å². The van der Waals surface area contributed by atoms with Gasteiger partial charge in [0, 0.05) is 30.2 Å². The summed E-state index contributed by atoms with van der Waals surface area (Å²) in [6.07, 6.45) is -0.899. The second-order valence-corrected chi connectivity index (χ2v) is 6.26. The van der Waals surface area contributed by atoms with Crippen molar-refractivity contribution in [3.63, 3.8) is 0 Å². The van der Waals surface area contributed by atoms with Gasteiger partial charge in [-0.15, -0.1) is 12.4 Å². The van der Waals surface area contributed by atoms with Crippen molar-refractivity contribution in [2.75, 3.05) is 27.2 Å². The molecule has 0 saturated carbocycles. The van der Waals surface area contributed by atoms with Gasteiger partial charge in [-0.3, -0.25) is 4.79 Å². The fraction of sp³-hybridized carbons (Fsp3) is 0.278. The molecule has 1 unspecified atom stereocenters. The molecule has 0 aliphatic heterocycles. The lowest BCUT2D eigenvalue weighted by molar-refractivity contribution is -0.137. The lowest BCUT2D eigenvalue weighted by atomic mass is 10.1. The normalized spacial score (nSPS) is 11.4. The van der Waals surface area contributed by atoms with Crippen LogP contribution in [0.1, 0.15) is 11.7 Å². The van der Waals surface area contributed by atoms with E-state index < -0.39 is 11.9 Å². The molecule has 7 heteroatoms. The monoisotopic (exact) mass is 430 g/mol. The SMILES string of the molecule is CNCCN(C)C(=O)C(Oc1ccc(Br)cc1F)c1ccccc1.Cl. The molecular formula is C18H21BrClFN2O2. The van der Waals surface area contributed by atoms with Gasteiger partial charge in [-0.05, 0) is 25.2 Å². The Morgan fingerprint density at radius 3 is 2.56 bits per heavy atom. The van der Waals surface area contributed by atoms with Gasteiger partial charge in [0.1, 0.15) is 0 Å². The van der Waals surface area contributed by atoms with Crippen molar-refractivity contribution < 1.29 is 13.9 Å². The van der Waals surface area contributed by atoms with E-state index in [-0.39, 0.29) is 24.1 Å². The Labute approximate surface area is 161 Å². The molecular weight excluding hydrogens is 411 g/mol. The molecule has 1 amide bonds. The molecule has 4 nitrogen and oxygen atoms in total. The van der Waals surface area contributed by atoms with Crippen molar-refractivity contribution in [1.82, 2.24) is 10.2 Å². The number of carbonyl (C=O) groups is 1. The van der Waals surface area contributed by atoms with Gasteiger partial charge in [-0.1, -0.05) is 46.3 Å². The fourth-order valence-corrected chi connectivity index (χ4v) is 2.51. The molecule has 0 fully saturated rings. The Kier molecular flexibility index (Phi) is 8.89. The highest BCUT2D eigenvalue weighted by molar-refractivity contribution is 9.10. The first kappa shape index (κ1) is 21.4. The molecule has 0 heterocycles. The zero-order valence-electron chi connectivity index (χ0n) is 14.0. The van der Waals surface area contributed by atoms with Crippen LogP contribution < -0.4 is 10.1 Å². The second-order valence-electron chi connectivity index (χ2n) is 5.35. The van der Waals surface area contributed by atoms with Crippen molar-refractivity contribution in [3.05, 3.63) is 64.4 Å². The van der Waals surface area contributed by atoms with E-state index in [1.807, 2.05) is 25.2 Å². The minimum absolute atomic E-state index is 0. The van der Waals surface area contributed by atoms with Crippen LogP contribution in [0.15, 0.2) is 53.0 Å². The molecule has 0 saturated heterocycles. The molecule has 2 rings (SSSR count). The molecule has 0 aromatic heterocycles. The van der Waals surface area contributed by atoms with Gasteiger partial charge in [0.05, 0.1) is 0 Å². The lowest BCUT2D eigenvalue weighted by Crippen LogP contribution is -2.38. The van der Waals surface area contributed by atoms with Gasteiger partial charge in [0.15, 0.2) is 11.6 Å². The van der Waals surface area contributed by atoms with E-state index in [2.05, 4.69) is 21.2 Å². The van der Waals surface area contributed by atoms with Gasteiger partial charge in [-0.2, -0.15) is 0 Å². The van der Waals surface area contributed by atoms with E-state index in [4.69, 9.17) is 4.74 Å². The zero-order valence-corrected chi connectivity index (χ0v) is 16.4. The Hall–Kier alpha value is -1.63. The summed E-state index contributed by atoms with van der Waals surface area (Å²) in [5, 5.41) is 3.00. The Bertz CT molecular complexity index is 688. The highest BCUT2D eigenvalue weighted by Crippen LogP contribution is 2.28. The fourth-order valence-electron chi connectivity index (χ4n) is 2.18. The predicted molar refractivity (Wildman–Crippen MR) is 103 cm³/mol. The molecule has 0 aliphatic rings. The first-order valence-corrected chi connectivity index (χ1v) is 8.38.